The third-order valence-electron chi connectivity index (χ3n) is 1.03. The van der Waals surface area contributed by atoms with Gasteiger partial charge in [0.25, 0.3) is 0 Å². The van der Waals surface area contributed by atoms with E-state index < -0.39 is 0 Å². The molecule has 0 saturated carbocycles. The lowest BCUT2D eigenvalue weighted by atomic mass is 10.5. The molecule has 1 aromatic heterocycles. The van der Waals surface area contributed by atoms with E-state index in [2.05, 4.69) is 4.98 Å². The molecule has 0 spiro atoms. The van der Waals surface area contributed by atoms with Crippen LogP contribution in [0.1, 0.15) is 6.92 Å². The van der Waals surface area contributed by atoms with Crippen molar-refractivity contribution in [2.45, 2.75) is 6.92 Å². The number of hydrogen-bond donors (Lipinski definition) is 0. The number of pyridine rings is 1. The van der Waals surface area contributed by atoms with Crippen LogP contribution in [-0.4, -0.2) is 11.6 Å². The van der Waals surface area contributed by atoms with E-state index in [1.165, 1.54) is 12.1 Å². The van der Waals surface area contributed by atoms with E-state index >= 15 is 0 Å². The SMILES string of the molecule is CCOc1cc(F)cc(I)n1. The highest BCUT2D eigenvalue weighted by Crippen LogP contribution is 2.12. The van der Waals surface area contributed by atoms with Crippen molar-refractivity contribution >= 4 is 22.6 Å². The molecule has 0 atom stereocenters. The summed E-state index contributed by atoms with van der Waals surface area (Å²) in [5.41, 5.74) is 0. The second kappa shape index (κ2) is 3.85. The minimum atomic E-state index is -0.312. The summed E-state index contributed by atoms with van der Waals surface area (Å²) in [7, 11) is 0. The highest BCUT2D eigenvalue weighted by Gasteiger charge is 1.99. The van der Waals surface area contributed by atoms with Gasteiger partial charge in [-0.05, 0) is 29.5 Å². The van der Waals surface area contributed by atoms with Crippen LogP contribution in [0.2, 0.25) is 0 Å². The van der Waals surface area contributed by atoms with Crippen molar-refractivity contribution in [2.75, 3.05) is 6.61 Å². The molecule has 4 heteroatoms. The van der Waals surface area contributed by atoms with Crippen LogP contribution < -0.4 is 4.74 Å². The van der Waals surface area contributed by atoms with Crippen LogP contribution in [0.15, 0.2) is 12.1 Å². The second-order valence-corrected chi connectivity index (χ2v) is 2.98. The summed E-state index contributed by atoms with van der Waals surface area (Å²) >= 11 is 1.94. The molecule has 0 fully saturated rings. The van der Waals surface area contributed by atoms with Gasteiger partial charge >= 0.3 is 0 Å². The zero-order chi connectivity index (χ0) is 8.27. The van der Waals surface area contributed by atoms with Gasteiger partial charge in [-0.25, -0.2) is 9.37 Å². The van der Waals surface area contributed by atoms with E-state index in [-0.39, 0.29) is 5.82 Å². The zero-order valence-electron chi connectivity index (χ0n) is 5.97. The van der Waals surface area contributed by atoms with E-state index in [9.17, 15) is 4.39 Å². The molecule has 0 unspecified atom stereocenters. The van der Waals surface area contributed by atoms with Crippen molar-refractivity contribution < 1.29 is 9.13 Å². The standard InChI is InChI=1S/C7H7FINO/c1-2-11-7-4-5(8)3-6(9)10-7/h3-4H,2H2,1H3. The second-order valence-electron chi connectivity index (χ2n) is 1.88. The summed E-state index contributed by atoms with van der Waals surface area (Å²) in [6, 6.07) is 2.62. The summed E-state index contributed by atoms with van der Waals surface area (Å²) in [5, 5.41) is 0. The molecule has 1 aromatic rings. The van der Waals surface area contributed by atoms with Gasteiger partial charge in [-0.2, -0.15) is 0 Å². The van der Waals surface area contributed by atoms with Gasteiger partial charge in [0.15, 0.2) is 0 Å². The average molecular weight is 267 g/mol. The van der Waals surface area contributed by atoms with Gasteiger partial charge in [-0.3, -0.25) is 0 Å². The van der Waals surface area contributed by atoms with E-state index in [1.807, 2.05) is 29.5 Å². The quantitative estimate of drug-likeness (QED) is 0.605. The van der Waals surface area contributed by atoms with Crippen molar-refractivity contribution in [3.05, 3.63) is 21.7 Å². The van der Waals surface area contributed by atoms with Crippen molar-refractivity contribution in [3.63, 3.8) is 0 Å². The van der Waals surface area contributed by atoms with Crippen LogP contribution in [0, 0.1) is 9.52 Å². The van der Waals surface area contributed by atoms with Crippen LogP contribution >= 0.6 is 22.6 Å². The molecule has 0 aromatic carbocycles. The molecule has 11 heavy (non-hydrogen) atoms. The fourth-order valence-electron chi connectivity index (χ4n) is 0.665. The fraction of sp³-hybridized carbons (Fsp3) is 0.286. The Kier molecular flexibility index (Phi) is 3.04. The predicted molar refractivity (Wildman–Crippen MR) is 48.1 cm³/mol. The smallest absolute Gasteiger partial charge is 0.217 e. The van der Waals surface area contributed by atoms with E-state index in [0.29, 0.717) is 16.2 Å². The predicted octanol–water partition coefficient (Wildman–Crippen LogP) is 2.22. The first-order chi connectivity index (χ1) is 5.22. The molecule has 0 saturated heterocycles. The monoisotopic (exact) mass is 267 g/mol. The molecule has 0 bridgehead atoms. The topological polar surface area (TPSA) is 22.1 Å². The van der Waals surface area contributed by atoms with Gasteiger partial charge in [-0.15, -0.1) is 0 Å². The summed E-state index contributed by atoms with van der Waals surface area (Å²) in [6.07, 6.45) is 0. The molecule has 0 aliphatic heterocycles. The van der Waals surface area contributed by atoms with Gasteiger partial charge < -0.3 is 4.74 Å². The Labute approximate surface area is 77.9 Å². The van der Waals surface area contributed by atoms with E-state index in [4.69, 9.17) is 4.74 Å². The number of aromatic nitrogens is 1. The molecular weight excluding hydrogens is 260 g/mol. The Morgan fingerprint density at radius 1 is 1.64 bits per heavy atom. The first-order valence-corrected chi connectivity index (χ1v) is 4.26. The summed E-state index contributed by atoms with van der Waals surface area (Å²) in [4.78, 5) is 3.95. The van der Waals surface area contributed by atoms with Gasteiger partial charge in [0.2, 0.25) is 5.88 Å². The molecule has 1 heterocycles. The Morgan fingerprint density at radius 2 is 2.36 bits per heavy atom. The van der Waals surface area contributed by atoms with Crippen molar-refractivity contribution in [1.82, 2.24) is 4.98 Å². The summed E-state index contributed by atoms with van der Waals surface area (Å²) in [6.45, 7) is 2.34. The number of rotatable bonds is 2. The number of halogens is 2. The maximum atomic E-state index is 12.6. The largest absolute Gasteiger partial charge is 0.478 e. The van der Waals surface area contributed by atoms with Crippen LogP contribution in [-0.2, 0) is 0 Å². The maximum Gasteiger partial charge on any atom is 0.217 e. The van der Waals surface area contributed by atoms with Crippen molar-refractivity contribution in [2.24, 2.45) is 0 Å². The first-order valence-electron chi connectivity index (χ1n) is 3.18. The molecule has 2 nitrogen and oxygen atoms in total. The number of nitrogens with zero attached hydrogens (tertiary/aromatic N) is 1. The molecule has 0 radical (unpaired) electrons. The Bertz CT molecular complexity index is 234. The lowest BCUT2D eigenvalue weighted by Gasteiger charge is -2.01. The van der Waals surface area contributed by atoms with Crippen molar-refractivity contribution in [1.29, 1.82) is 0 Å². The fourth-order valence-corrected chi connectivity index (χ4v) is 1.20. The third kappa shape index (κ3) is 2.61. The van der Waals surface area contributed by atoms with E-state index in [0.717, 1.165) is 0 Å². The Balaban J connectivity index is 2.89. The summed E-state index contributed by atoms with van der Waals surface area (Å²) < 4.78 is 18.2. The minimum absolute atomic E-state index is 0.312. The average Bonchev–Trinajstić information content (AvgIpc) is 1.85. The van der Waals surface area contributed by atoms with Crippen LogP contribution in [0.25, 0.3) is 0 Å². The van der Waals surface area contributed by atoms with Crippen LogP contribution in [0.3, 0.4) is 0 Å². The Hall–Kier alpha value is -0.390. The minimum Gasteiger partial charge on any atom is -0.478 e. The lowest BCUT2D eigenvalue weighted by molar-refractivity contribution is 0.324. The molecule has 0 N–H and O–H groups in total. The number of hydrogen-bond acceptors (Lipinski definition) is 2. The number of ether oxygens (including phenoxy) is 1. The van der Waals surface area contributed by atoms with Crippen molar-refractivity contribution in [3.8, 4) is 5.88 Å². The zero-order valence-corrected chi connectivity index (χ0v) is 8.13. The molecule has 0 aliphatic carbocycles. The highest BCUT2D eigenvalue weighted by atomic mass is 127. The van der Waals surface area contributed by atoms with Gasteiger partial charge in [-0.1, -0.05) is 0 Å². The van der Waals surface area contributed by atoms with Gasteiger partial charge in [0.05, 0.1) is 6.61 Å². The summed E-state index contributed by atoms with van der Waals surface area (Å²) in [5.74, 6) is 0.0322. The van der Waals surface area contributed by atoms with Gasteiger partial charge in [0.1, 0.15) is 9.52 Å². The Morgan fingerprint density at radius 3 is 2.91 bits per heavy atom. The maximum absolute atomic E-state index is 12.6. The highest BCUT2D eigenvalue weighted by molar-refractivity contribution is 14.1. The van der Waals surface area contributed by atoms with Crippen LogP contribution in [0.5, 0.6) is 5.88 Å². The lowest BCUT2D eigenvalue weighted by Crippen LogP contribution is -1.96. The van der Waals surface area contributed by atoms with E-state index in [1.54, 1.807) is 0 Å². The molecule has 60 valence electrons. The normalized spacial score (nSPS) is 9.73. The third-order valence-corrected chi connectivity index (χ3v) is 1.58. The molecule has 1 rings (SSSR count). The van der Waals surface area contributed by atoms with Crippen LogP contribution in [0.4, 0.5) is 4.39 Å². The van der Waals surface area contributed by atoms with Gasteiger partial charge in [0, 0.05) is 12.1 Å². The molecular formula is C7H7FINO. The first kappa shape index (κ1) is 8.70. The molecule has 0 amide bonds. The molecule has 0 aliphatic rings.